The largest absolute Gasteiger partial charge is 0.497 e. The second-order valence-electron chi connectivity index (χ2n) is 9.19. The first-order valence-corrected chi connectivity index (χ1v) is 11.7. The Balaban J connectivity index is 1.53. The topological polar surface area (TPSA) is 88.7 Å². The summed E-state index contributed by atoms with van der Waals surface area (Å²) >= 11 is 0. The van der Waals surface area contributed by atoms with E-state index in [2.05, 4.69) is 28.1 Å². The van der Waals surface area contributed by atoms with Crippen molar-refractivity contribution in [1.29, 1.82) is 0 Å². The molecule has 1 saturated heterocycles. The molecular formula is C28H29N3O4. The van der Waals surface area contributed by atoms with E-state index in [1.54, 1.807) is 32.4 Å². The molecule has 0 saturated carbocycles. The Labute approximate surface area is 204 Å². The first-order chi connectivity index (χ1) is 16.9. The third-order valence-corrected chi connectivity index (χ3v) is 6.99. The van der Waals surface area contributed by atoms with Crippen molar-refractivity contribution in [1.82, 2.24) is 5.32 Å². The molecule has 35 heavy (non-hydrogen) atoms. The molecule has 1 spiro atoms. The van der Waals surface area contributed by atoms with E-state index < -0.39 is 11.5 Å². The van der Waals surface area contributed by atoms with Crippen LogP contribution in [-0.2, 0) is 21.5 Å². The number of amides is 2. The number of hydrogen-bond donors (Lipinski definition) is 3. The third-order valence-electron chi connectivity index (χ3n) is 6.99. The molecule has 1 fully saturated rings. The van der Waals surface area contributed by atoms with Gasteiger partial charge in [0.05, 0.1) is 25.8 Å². The third kappa shape index (κ3) is 4.02. The zero-order valence-corrected chi connectivity index (χ0v) is 20.1. The molecule has 0 radical (unpaired) electrons. The zero-order valence-electron chi connectivity index (χ0n) is 20.1. The highest BCUT2D eigenvalue weighted by Crippen LogP contribution is 2.48. The molecule has 180 valence electrons. The van der Waals surface area contributed by atoms with Crippen LogP contribution in [0, 0.1) is 12.8 Å². The first kappa shape index (κ1) is 22.9. The van der Waals surface area contributed by atoms with Crippen molar-refractivity contribution in [3.63, 3.8) is 0 Å². The molecule has 2 aliphatic rings. The van der Waals surface area contributed by atoms with E-state index in [1.165, 1.54) is 0 Å². The molecule has 5 rings (SSSR count). The van der Waals surface area contributed by atoms with Crippen LogP contribution in [0.15, 0.2) is 66.7 Å². The predicted octanol–water partition coefficient (Wildman–Crippen LogP) is 4.02. The molecule has 0 bridgehead atoms. The van der Waals surface area contributed by atoms with E-state index in [0.717, 1.165) is 22.4 Å². The standard InChI is InChI=1S/C28H29N3O4/c1-17-9-11-23-21(13-17)28(27(33)30-23)22(15-19(31-28)14-18-7-5-4-6-8-18)26(32)29-24-16-20(34-2)10-12-25(24)35-3/h4-13,16,19,22,31H,14-15H2,1-3H3,(H,29,32)(H,30,33). The number of carbonyl (C=O) groups excluding carboxylic acids is 2. The molecule has 7 heteroatoms. The minimum atomic E-state index is -1.16. The lowest BCUT2D eigenvalue weighted by molar-refractivity contribution is -0.130. The van der Waals surface area contributed by atoms with Crippen molar-refractivity contribution < 1.29 is 19.1 Å². The van der Waals surface area contributed by atoms with Crippen molar-refractivity contribution in [2.45, 2.75) is 31.3 Å². The maximum atomic E-state index is 13.9. The van der Waals surface area contributed by atoms with Gasteiger partial charge in [-0.25, -0.2) is 0 Å². The highest BCUT2D eigenvalue weighted by atomic mass is 16.5. The molecule has 3 atom stereocenters. The molecule has 2 aliphatic heterocycles. The lowest BCUT2D eigenvalue weighted by Crippen LogP contribution is -2.52. The van der Waals surface area contributed by atoms with Gasteiger partial charge in [0.15, 0.2) is 0 Å². The quantitative estimate of drug-likeness (QED) is 0.505. The maximum absolute atomic E-state index is 13.9. The van der Waals surface area contributed by atoms with Gasteiger partial charge in [-0.05, 0) is 43.5 Å². The average molecular weight is 472 g/mol. The first-order valence-electron chi connectivity index (χ1n) is 11.7. The van der Waals surface area contributed by atoms with Gasteiger partial charge >= 0.3 is 0 Å². The van der Waals surface area contributed by atoms with Crippen LogP contribution in [0.1, 0.15) is 23.1 Å². The van der Waals surface area contributed by atoms with Gasteiger partial charge in [0.25, 0.3) is 0 Å². The number of fused-ring (bicyclic) bond motifs is 2. The molecule has 0 aliphatic carbocycles. The van der Waals surface area contributed by atoms with Crippen LogP contribution in [-0.4, -0.2) is 32.1 Å². The zero-order chi connectivity index (χ0) is 24.6. The lowest BCUT2D eigenvalue weighted by Gasteiger charge is -2.29. The summed E-state index contributed by atoms with van der Waals surface area (Å²) in [5, 5.41) is 9.61. The molecule has 3 aromatic rings. The fourth-order valence-electron chi connectivity index (χ4n) is 5.34. The normalized spacial score (nSPS) is 22.5. The van der Waals surface area contributed by atoms with Gasteiger partial charge in [0, 0.05) is 23.4 Å². The Hall–Kier alpha value is -3.84. The SMILES string of the molecule is COc1ccc(OC)c(NC(=O)C2CC(Cc3ccccc3)NC23C(=O)Nc2ccc(C)cc23)c1. The van der Waals surface area contributed by atoms with Gasteiger partial charge in [0.1, 0.15) is 17.0 Å². The van der Waals surface area contributed by atoms with Crippen molar-refractivity contribution in [2.75, 3.05) is 24.9 Å². The monoisotopic (exact) mass is 471 g/mol. The fourth-order valence-corrected chi connectivity index (χ4v) is 5.34. The van der Waals surface area contributed by atoms with Gasteiger partial charge in [-0.2, -0.15) is 0 Å². The van der Waals surface area contributed by atoms with Gasteiger partial charge in [-0.1, -0.05) is 48.0 Å². The van der Waals surface area contributed by atoms with Gasteiger partial charge in [0.2, 0.25) is 11.8 Å². The van der Waals surface area contributed by atoms with E-state index in [9.17, 15) is 9.59 Å². The number of nitrogens with one attached hydrogen (secondary N) is 3. The number of carbonyl (C=O) groups is 2. The van der Waals surface area contributed by atoms with Crippen LogP contribution in [0.2, 0.25) is 0 Å². The molecule has 3 N–H and O–H groups in total. The van der Waals surface area contributed by atoms with Crippen molar-refractivity contribution >= 4 is 23.2 Å². The number of benzene rings is 3. The van der Waals surface area contributed by atoms with Crippen molar-refractivity contribution in [2.24, 2.45) is 5.92 Å². The molecule has 3 aromatic carbocycles. The van der Waals surface area contributed by atoms with Crippen LogP contribution in [0.25, 0.3) is 0 Å². The van der Waals surface area contributed by atoms with Crippen LogP contribution in [0.5, 0.6) is 11.5 Å². The summed E-state index contributed by atoms with van der Waals surface area (Å²) in [6.45, 7) is 1.99. The summed E-state index contributed by atoms with van der Waals surface area (Å²) in [5.74, 6) is 0.0414. The summed E-state index contributed by atoms with van der Waals surface area (Å²) in [6.07, 6.45) is 1.22. The number of rotatable bonds is 6. The lowest BCUT2D eigenvalue weighted by atomic mass is 9.79. The molecule has 2 heterocycles. The van der Waals surface area contributed by atoms with Gasteiger partial charge in [-0.15, -0.1) is 0 Å². The Morgan fingerprint density at radius 3 is 2.60 bits per heavy atom. The summed E-state index contributed by atoms with van der Waals surface area (Å²) < 4.78 is 10.8. The van der Waals surface area contributed by atoms with E-state index in [-0.39, 0.29) is 17.9 Å². The van der Waals surface area contributed by atoms with E-state index in [0.29, 0.717) is 30.0 Å². The number of anilines is 2. The Morgan fingerprint density at radius 1 is 1.06 bits per heavy atom. The van der Waals surface area contributed by atoms with E-state index >= 15 is 0 Å². The van der Waals surface area contributed by atoms with Crippen LogP contribution >= 0.6 is 0 Å². The Kier molecular flexibility index (Phi) is 5.94. The highest BCUT2D eigenvalue weighted by molar-refractivity contribution is 6.11. The van der Waals surface area contributed by atoms with Crippen LogP contribution in [0.4, 0.5) is 11.4 Å². The number of ether oxygens (including phenoxy) is 2. The average Bonchev–Trinajstić information content (AvgIpc) is 3.38. The summed E-state index contributed by atoms with van der Waals surface area (Å²) in [5.41, 5.74) is 3.08. The second-order valence-corrected chi connectivity index (χ2v) is 9.19. The number of hydrogen-bond acceptors (Lipinski definition) is 5. The molecular weight excluding hydrogens is 442 g/mol. The summed E-state index contributed by atoms with van der Waals surface area (Å²) in [6, 6.07) is 21.2. The smallest absolute Gasteiger partial charge is 0.250 e. The second kappa shape index (κ2) is 9.07. The van der Waals surface area contributed by atoms with Crippen LogP contribution < -0.4 is 25.4 Å². The summed E-state index contributed by atoms with van der Waals surface area (Å²) in [7, 11) is 3.12. The van der Waals surface area contributed by atoms with Gasteiger partial charge in [-0.3, -0.25) is 14.9 Å². The molecule has 2 amide bonds. The van der Waals surface area contributed by atoms with E-state index in [4.69, 9.17) is 9.47 Å². The Morgan fingerprint density at radius 2 is 1.86 bits per heavy atom. The Bertz CT molecular complexity index is 1280. The molecule has 3 unspecified atom stereocenters. The van der Waals surface area contributed by atoms with Crippen LogP contribution in [0.3, 0.4) is 0 Å². The predicted molar refractivity (Wildman–Crippen MR) is 135 cm³/mol. The highest BCUT2D eigenvalue weighted by Gasteiger charge is 2.60. The van der Waals surface area contributed by atoms with Crippen molar-refractivity contribution in [3.05, 3.63) is 83.4 Å². The fraction of sp³-hybridized carbons (Fsp3) is 0.286. The molecule has 7 nitrogen and oxygen atoms in total. The van der Waals surface area contributed by atoms with Crippen molar-refractivity contribution in [3.8, 4) is 11.5 Å². The minimum absolute atomic E-state index is 0.0578. The summed E-state index contributed by atoms with van der Waals surface area (Å²) in [4.78, 5) is 27.4. The maximum Gasteiger partial charge on any atom is 0.250 e. The van der Waals surface area contributed by atoms with E-state index in [1.807, 2.05) is 43.3 Å². The number of methoxy groups -OCH3 is 2. The number of aryl methyl sites for hydroxylation is 1. The molecule has 0 aromatic heterocycles. The van der Waals surface area contributed by atoms with Gasteiger partial charge < -0.3 is 20.1 Å². The minimum Gasteiger partial charge on any atom is -0.497 e.